The highest BCUT2D eigenvalue weighted by molar-refractivity contribution is 7.98. The largest absolute Gasteiger partial charge is 0.467 e. The highest BCUT2D eigenvalue weighted by atomic mass is 32.2. The first-order valence-electron chi connectivity index (χ1n) is 7.46. The molecule has 0 saturated heterocycles. The molecule has 0 aliphatic rings. The van der Waals surface area contributed by atoms with Crippen molar-refractivity contribution in [2.24, 2.45) is 0 Å². The van der Waals surface area contributed by atoms with Gasteiger partial charge in [-0.15, -0.1) is 0 Å². The van der Waals surface area contributed by atoms with Crippen LogP contribution in [0.2, 0.25) is 0 Å². The molecule has 0 aliphatic heterocycles. The molecule has 23 heavy (non-hydrogen) atoms. The number of rotatable bonds is 8. The zero-order valence-electron chi connectivity index (χ0n) is 13.6. The lowest BCUT2D eigenvalue weighted by molar-refractivity contribution is -0.122. The molecule has 1 atom stereocenters. The molecule has 1 amide bonds. The van der Waals surface area contributed by atoms with Crippen LogP contribution in [-0.4, -0.2) is 33.9 Å². The van der Waals surface area contributed by atoms with Gasteiger partial charge in [-0.1, -0.05) is 0 Å². The minimum Gasteiger partial charge on any atom is -0.467 e. The lowest BCUT2D eigenvalue weighted by atomic mass is 10.2. The third-order valence-electron chi connectivity index (χ3n) is 3.23. The zero-order valence-corrected chi connectivity index (χ0v) is 14.4. The van der Waals surface area contributed by atoms with Gasteiger partial charge in [-0.2, -0.15) is 11.8 Å². The standard InChI is InChI=1S/C16H22N4O2S/c1-11-9-12(2)19-16(18-11)20-14(6-8-23-3)15(21)17-10-13-5-4-7-22-13/h4-5,7,9,14H,6,8,10H2,1-3H3,(H,17,21)(H,18,19,20)/t14-/m0/s1. The van der Waals surface area contributed by atoms with Crippen molar-refractivity contribution in [3.05, 3.63) is 41.6 Å². The van der Waals surface area contributed by atoms with E-state index in [1.807, 2.05) is 32.2 Å². The van der Waals surface area contributed by atoms with Crippen LogP contribution in [0.5, 0.6) is 0 Å². The van der Waals surface area contributed by atoms with E-state index in [1.165, 1.54) is 0 Å². The van der Waals surface area contributed by atoms with Gasteiger partial charge in [0.25, 0.3) is 0 Å². The fraction of sp³-hybridized carbons (Fsp3) is 0.438. The molecule has 2 N–H and O–H groups in total. The molecule has 0 aromatic carbocycles. The molecular formula is C16H22N4O2S. The number of hydrogen-bond acceptors (Lipinski definition) is 6. The zero-order chi connectivity index (χ0) is 16.7. The number of amides is 1. The minimum atomic E-state index is -0.376. The van der Waals surface area contributed by atoms with Gasteiger partial charge < -0.3 is 15.1 Å². The summed E-state index contributed by atoms with van der Waals surface area (Å²) in [6.07, 6.45) is 4.31. The van der Waals surface area contributed by atoms with E-state index in [1.54, 1.807) is 24.1 Å². The number of nitrogens with zero attached hydrogens (tertiary/aromatic N) is 2. The maximum Gasteiger partial charge on any atom is 0.242 e. The highest BCUT2D eigenvalue weighted by Crippen LogP contribution is 2.10. The molecule has 0 spiro atoms. The van der Waals surface area contributed by atoms with Crippen molar-refractivity contribution in [3.8, 4) is 0 Å². The first-order chi connectivity index (χ1) is 11.1. The quantitative estimate of drug-likeness (QED) is 0.772. The van der Waals surface area contributed by atoms with Crippen LogP contribution in [0.4, 0.5) is 5.95 Å². The van der Waals surface area contributed by atoms with E-state index in [0.29, 0.717) is 18.9 Å². The maximum atomic E-state index is 12.4. The Balaban J connectivity index is 2.01. The van der Waals surface area contributed by atoms with Crippen molar-refractivity contribution >= 4 is 23.6 Å². The van der Waals surface area contributed by atoms with Crippen molar-refractivity contribution in [1.82, 2.24) is 15.3 Å². The summed E-state index contributed by atoms with van der Waals surface area (Å²) in [6, 6.07) is 5.16. The number of nitrogens with one attached hydrogen (secondary N) is 2. The van der Waals surface area contributed by atoms with Gasteiger partial charge in [0.2, 0.25) is 11.9 Å². The van der Waals surface area contributed by atoms with Gasteiger partial charge in [0, 0.05) is 11.4 Å². The van der Waals surface area contributed by atoms with Gasteiger partial charge >= 0.3 is 0 Å². The summed E-state index contributed by atoms with van der Waals surface area (Å²) in [7, 11) is 0. The van der Waals surface area contributed by atoms with Gasteiger partial charge in [-0.05, 0) is 50.5 Å². The summed E-state index contributed by atoms with van der Waals surface area (Å²) in [5.41, 5.74) is 1.75. The molecule has 2 aromatic rings. The first-order valence-corrected chi connectivity index (χ1v) is 8.85. The number of aromatic nitrogens is 2. The smallest absolute Gasteiger partial charge is 0.242 e. The summed E-state index contributed by atoms with van der Waals surface area (Å²) in [4.78, 5) is 21.1. The number of anilines is 1. The molecule has 2 rings (SSSR count). The maximum absolute atomic E-state index is 12.4. The molecule has 0 unspecified atom stereocenters. The summed E-state index contributed by atoms with van der Waals surface area (Å²) in [5, 5.41) is 6.03. The fourth-order valence-corrected chi connectivity index (χ4v) is 2.63. The SMILES string of the molecule is CSCC[C@H](Nc1nc(C)cc(C)n1)C(=O)NCc1ccco1. The Labute approximate surface area is 140 Å². The highest BCUT2D eigenvalue weighted by Gasteiger charge is 2.19. The normalized spacial score (nSPS) is 12.0. The first kappa shape index (κ1) is 17.3. The molecule has 124 valence electrons. The van der Waals surface area contributed by atoms with Gasteiger partial charge in [0.15, 0.2) is 0 Å². The van der Waals surface area contributed by atoms with Gasteiger partial charge in [-0.3, -0.25) is 4.79 Å². The lowest BCUT2D eigenvalue weighted by Gasteiger charge is -2.18. The Kier molecular flexibility index (Phi) is 6.46. The van der Waals surface area contributed by atoms with Gasteiger partial charge in [-0.25, -0.2) is 9.97 Å². The van der Waals surface area contributed by atoms with E-state index >= 15 is 0 Å². The Bertz CT molecular complexity index is 611. The van der Waals surface area contributed by atoms with E-state index in [4.69, 9.17) is 4.42 Å². The second-order valence-corrected chi connectivity index (χ2v) is 6.24. The van der Waals surface area contributed by atoms with Crippen LogP contribution in [0, 0.1) is 13.8 Å². The van der Waals surface area contributed by atoms with Crippen LogP contribution >= 0.6 is 11.8 Å². The molecule has 0 fully saturated rings. The molecule has 7 heteroatoms. The molecular weight excluding hydrogens is 312 g/mol. The average Bonchev–Trinajstić information content (AvgIpc) is 3.01. The number of hydrogen-bond donors (Lipinski definition) is 2. The molecule has 0 radical (unpaired) electrons. The van der Waals surface area contributed by atoms with Crippen LogP contribution in [0.25, 0.3) is 0 Å². The predicted molar refractivity (Wildman–Crippen MR) is 92.5 cm³/mol. The van der Waals surface area contributed by atoms with Crippen molar-refractivity contribution in [2.75, 3.05) is 17.3 Å². The Hall–Kier alpha value is -2.02. The second kappa shape index (κ2) is 8.57. The van der Waals surface area contributed by atoms with E-state index in [0.717, 1.165) is 22.9 Å². The summed E-state index contributed by atoms with van der Waals surface area (Å²) in [5.74, 6) is 2.00. The molecule has 2 aromatic heterocycles. The average molecular weight is 334 g/mol. The van der Waals surface area contributed by atoms with E-state index < -0.39 is 0 Å². The molecule has 0 bridgehead atoms. The fourth-order valence-electron chi connectivity index (χ4n) is 2.16. The molecule has 6 nitrogen and oxygen atoms in total. The van der Waals surface area contributed by atoms with Crippen molar-refractivity contribution in [1.29, 1.82) is 0 Å². The van der Waals surface area contributed by atoms with Crippen molar-refractivity contribution in [2.45, 2.75) is 32.9 Å². The number of thioether (sulfide) groups is 1. The van der Waals surface area contributed by atoms with Gasteiger partial charge in [0.1, 0.15) is 11.8 Å². The third kappa shape index (κ3) is 5.59. The van der Waals surface area contributed by atoms with E-state index in [2.05, 4.69) is 20.6 Å². The van der Waals surface area contributed by atoms with Crippen LogP contribution < -0.4 is 10.6 Å². The molecule has 0 saturated carbocycles. The lowest BCUT2D eigenvalue weighted by Crippen LogP contribution is -2.40. The van der Waals surface area contributed by atoms with Crippen LogP contribution in [-0.2, 0) is 11.3 Å². The van der Waals surface area contributed by atoms with Crippen molar-refractivity contribution < 1.29 is 9.21 Å². The van der Waals surface area contributed by atoms with Crippen LogP contribution in [0.3, 0.4) is 0 Å². The molecule has 2 heterocycles. The van der Waals surface area contributed by atoms with E-state index in [-0.39, 0.29) is 11.9 Å². The van der Waals surface area contributed by atoms with Crippen molar-refractivity contribution in [3.63, 3.8) is 0 Å². The number of carbonyl (C=O) groups excluding carboxylic acids is 1. The number of carbonyl (C=O) groups is 1. The Morgan fingerprint density at radius 1 is 1.35 bits per heavy atom. The number of aryl methyl sites for hydroxylation is 2. The molecule has 0 aliphatic carbocycles. The van der Waals surface area contributed by atoms with Gasteiger partial charge in [0.05, 0.1) is 12.8 Å². The van der Waals surface area contributed by atoms with Crippen LogP contribution in [0.15, 0.2) is 28.9 Å². The Morgan fingerprint density at radius 2 is 2.09 bits per heavy atom. The topological polar surface area (TPSA) is 80.0 Å². The summed E-state index contributed by atoms with van der Waals surface area (Å²) < 4.78 is 5.23. The minimum absolute atomic E-state index is 0.0850. The number of furan rings is 1. The third-order valence-corrected chi connectivity index (χ3v) is 3.87. The second-order valence-electron chi connectivity index (χ2n) is 5.25. The predicted octanol–water partition coefficient (Wildman–Crippen LogP) is 2.54. The summed E-state index contributed by atoms with van der Waals surface area (Å²) >= 11 is 1.70. The van der Waals surface area contributed by atoms with E-state index in [9.17, 15) is 4.79 Å². The Morgan fingerprint density at radius 3 is 2.70 bits per heavy atom. The summed E-state index contributed by atoms with van der Waals surface area (Å²) in [6.45, 7) is 4.19. The van der Waals surface area contributed by atoms with Crippen LogP contribution in [0.1, 0.15) is 23.6 Å². The monoisotopic (exact) mass is 334 g/mol.